The molecule has 4 N–H and O–H groups in total. The Balaban J connectivity index is -0.00000000114. The number of hydrogen-bond donors (Lipinski definition) is 2. The Kier molecular flexibility index (Phi) is 1160. The van der Waals surface area contributed by atoms with Gasteiger partial charge in [0.2, 0.25) is 0 Å². The van der Waals surface area contributed by atoms with Crippen LogP contribution in [0.25, 0.3) is 0 Å². The molecule has 0 heterocycles. The minimum atomic E-state index is 0. The predicted molar refractivity (Wildman–Crippen MR) is 38.4 cm³/mol. The molecule has 0 amide bonds. The van der Waals surface area contributed by atoms with Gasteiger partial charge in [-0.1, -0.05) is 7.43 Å². The van der Waals surface area contributed by atoms with Crippen LogP contribution in [0.4, 0.5) is 0 Å². The second-order valence-electron chi connectivity index (χ2n) is 0. The van der Waals surface area contributed by atoms with Gasteiger partial charge in [-0.2, -0.15) is 0 Å². The summed E-state index contributed by atoms with van der Waals surface area (Å²) in [5, 5.41) is 14.0. The fraction of sp³-hybridized carbons (Fsp3) is 1.00. The largest absolute Gasteiger partial charge is 2.00 e. The van der Waals surface area contributed by atoms with Crippen LogP contribution in [0, 0.1) is 0 Å². The Bertz CT molecular complexity index is 13.8. The van der Waals surface area contributed by atoms with Crippen molar-refractivity contribution < 1.29 is 21.2 Å². The van der Waals surface area contributed by atoms with Gasteiger partial charge in [0.1, 0.15) is 0 Å². The zero-order valence-electron chi connectivity index (χ0n) is 5.20. The van der Waals surface area contributed by atoms with Crippen molar-refractivity contribution in [1.82, 2.24) is 0 Å². The summed E-state index contributed by atoms with van der Waals surface area (Å²) in [7, 11) is 2.00. The van der Waals surface area contributed by atoms with Crippen molar-refractivity contribution in [2.24, 2.45) is 0 Å². The molecule has 0 saturated carbocycles. The van der Waals surface area contributed by atoms with E-state index in [-0.39, 0.29) is 93.9 Å². The first kappa shape index (κ1) is 64.1. The molecule has 0 unspecified atom stereocenters. The maximum Gasteiger partial charge on any atom is 2.00 e. The summed E-state index contributed by atoms with van der Waals surface area (Å²) in [5.41, 5.74) is 0. The first-order valence-corrected chi connectivity index (χ1v) is 0.894. The molecule has 4 nitrogen and oxygen atoms in total. The van der Waals surface area contributed by atoms with Crippen LogP contribution in [0.1, 0.15) is 7.43 Å². The molecular weight excluding hydrogens is 180 g/mol. The summed E-state index contributed by atoms with van der Waals surface area (Å²) in [4.78, 5) is 0. The van der Waals surface area contributed by atoms with Gasteiger partial charge in [-0.15, -0.1) is 0 Å². The van der Waals surface area contributed by atoms with Crippen LogP contribution in [-0.4, -0.2) is 111 Å². The fourth-order valence-electron chi connectivity index (χ4n) is 0. The Morgan fingerprint density at radius 2 is 0.667 bits per heavy atom. The normalized spacial score (nSPS) is 1.33. The molecular formula is C3H14Ca2O4+2. The first-order chi connectivity index (χ1) is 2.00. The van der Waals surface area contributed by atoms with Crippen molar-refractivity contribution in [3.8, 4) is 0 Å². The van der Waals surface area contributed by atoms with Gasteiger partial charge in [0, 0.05) is 14.2 Å². The average Bonchev–Trinajstić information content (AvgIpc) is 1.50. The summed E-state index contributed by atoms with van der Waals surface area (Å²) in [6, 6.07) is 0. The molecule has 0 aliphatic heterocycles. The maximum absolute atomic E-state index is 7.00. The minimum absolute atomic E-state index is 0. The standard InChI is InChI=1S/2CH4O.CH4.2Ca.2H2O/c2*1-2;;;;;/h2*2H,1H3;1H4;;;2*1H2/q;;;2*+2;;/p-2. The smallest absolute Gasteiger partial charge is 0.870 e. The maximum atomic E-state index is 7.00. The second kappa shape index (κ2) is 163. The van der Waals surface area contributed by atoms with E-state index in [1.54, 1.807) is 0 Å². The molecule has 0 rings (SSSR count). The Labute approximate surface area is 116 Å². The van der Waals surface area contributed by atoms with E-state index in [0.717, 1.165) is 14.2 Å². The molecule has 0 bridgehead atoms. The Morgan fingerprint density at radius 1 is 0.667 bits per heavy atom. The van der Waals surface area contributed by atoms with E-state index >= 15 is 0 Å². The van der Waals surface area contributed by atoms with E-state index in [0.29, 0.717) is 0 Å². The van der Waals surface area contributed by atoms with Gasteiger partial charge in [0.15, 0.2) is 0 Å². The van der Waals surface area contributed by atoms with Gasteiger partial charge >= 0.3 is 75.5 Å². The molecule has 52 valence electrons. The van der Waals surface area contributed by atoms with E-state index in [4.69, 9.17) is 10.2 Å². The van der Waals surface area contributed by atoms with Crippen molar-refractivity contribution in [1.29, 1.82) is 0 Å². The van der Waals surface area contributed by atoms with Crippen LogP contribution in [0.5, 0.6) is 0 Å². The van der Waals surface area contributed by atoms with Crippen LogP contribution in [0.2, 0.25) is 0 Å². The first-order valence-electron chi connectivity index (χ1n) is 0.894. The zero-order valence-corrected chi connectivity index (χ0v) is 9.62. The van der Waals surface area contributed by atoms with E-state index in [2.05, 4.69) is 0 Å². The molecule has 0 saturated heterocycles. The molecule has 0 aromatic carbocycles. The van der Waals surface area contributed by atoms with Gasteiger partial charge in [-0.05, 0) is 0 Å². The third-order valence-electron chi connectivity index (χ3n) is 0. The second-order valence-corrected chi connectivity index (χ2v) is 0. The molecule has 9 heavy (non-hydrogen) atoms. The predicted octanol–water partition coefficient (Wildman–Crippen LogP) is -1.26. The molecule has 0 spiro atoms. The van der Waals surface area contributed by atoms with Crippen molar-refractivity contribution in [3.05, 3.63) is 0 Å². The van der Waals surface area contributed by atoms with Crippen molar-refractivity contribution in [2.45, 2.75) is 7.43 Å². The van der Waals surface area contributed by atoms with Crippen LogP contribution in [-0.2, 0) is 0 Å². The van der Waals surface area contributed by atoms with E-state index in [9.17, 15) is 0 Å². The SMILES string of the molecule is C.CO.CO.[Ca+2].[Ca+2].[OH-].[OH-]. The summed E-state index contributed by atoms with van der Waals surface area (Å²) >= 11 is 0. The van der Waals surface area contributed by atoms with Gasteiger partial charge in [-0.25, -0.2) is 0 Å². The molecule has 0 aromatic heterocycles. The van der Waals surface area contributed by atoms with Gasteiger partial charge in [-0.3, -0.25) is 0 Å². The number of aliphatic hydroxyl groups excluding tert-OH is 2. The van der Waals surface area contributed by atoms with Gasteiger partial charge < -0.3 is 21.2 Å². The quantitative estimate of drug-likeness (QED) is 0.470. The zero-order chi connectivity index (χ0) is 4.00. The molecule has 0 aliphatic rings. The third kappa shape index (κ3) is 130. The summed E-state index contributed by atoms with van der Waals surface area (Å²) in [6.45, 7) is 0. The van der Waals surface area contributed by atoms with E-state index in [1.807, 2.05) is 0 Å². The van der Waals surface area contributed by atoms with Crippen LogP contribution in [0.15, 0.2) is 0 Å². The number of aliphatic hydroxyl groups is 2. The molecule has 0 aromatic rings. The molecule has 0 atom stereocenters. The summed E-state index contributed by atoms with van der Waals surface area (Å²) in [6.07, 6.45) is 0. The Morgan fingerprint density at radius 3 is 0.667 bits per heavy atom. The van der Waals surface area contributed by atoms with Gasteiger partial charge in [0.25, 0.3) is 0 Å². The summed E-state index contributed by atoms with van der Waals surface area (Å²) < 4.78 is 0. The molecule has 0 aliphatic carbocycles. The topological polar surface area (TPSA) is 100 Å². The number of rotatable bonds is 0. The molecule has 0 radical (unpaired) electrons. The van der Waals surface area contributed by atoms with E-state index in [1.165, 1.54) is 0 Å². The summed E-state index contributed by atoms with van der Waals surface area (Å²) in [5.74, 6) is 0. The number of hydrogen-bond acceptors (Lipinski definition) is 4. The monoisotopic (exact) mass is 194 g/mol. The van der Waals surface area contributed by atoms with Gasteiger partial charge in [0.05, 0.1) is 0 Å². The molecule has 6 heteroatoms. The fourth-order valence-corrected chi connectivity index (χ4v) is 0. The van der Waals surface area contributed by atoms with Crippen molar-refractivity contribution in [2.75, 3.05) is 14.2 Å². The Hall–Kier alpha value is 2.36. The average molecular weight is 194 g/mol. The van der Waals surface area contributed by atoms with Crippen LogP contribution >= 0.6 is 0 Å². The van der Waals surface area contributed by atoms with Crippen molar-refractivity contribution >= 4 is 75.5 Å². The van der Waals surface area contributed by atoms with Crippen LogP contribution in [0.3, 0.4) is 0 Å². The van der Waals surface area contributed by atoms with Crippen molar-refractivity contribution in [3.63, 3.8) is 0 Å². The van der Waals surface area contributed by atoms with E-state index < -0.39 is 0 Å². The third-order valence-corrected chi connectivity index (χ3v) is 0. The minimum Gasteiger partial charge on any atom is -0.870 e. The van der Waals surface area contributed by atoms with Crippen LogP contribution < -0.4 is 0 Å². The molecule has 0 fully saturated rings.